The van der Waals surface area contributed by atoms with Crippen molar-refractivity contribution >= 4 is 5.82 Å². The molecule has 3 heteroatoms. The van der Waals surface area contributed by atoms with E-state index in [1.165, 1.54) is 0 Å². The van der Waals surface area contributed by atoms with E-state index in [4.69, 9.17) is 10.5 Å². The molecule has 0 aliphatic heterocycles. The Bertz CT molecular complexity index is 302. The highest BCUT2D eigenvalue weighted by molar-refractivity contribution is 5.40. The molecule has 0 spiro atoms. The van der Waals surface area contributed by atoms with Gasteiger partial charge in [0.25, 0.3) is 0 Å². The standard InChI is InChI=1S/C10H16N2O/c1-10(2,3)8-5-7(13-4)6-9(11)12-8/h5-6H,1-4H3,(H2,11,12). The number of methoxy groups -OCH3 is 1. The molecule has 2 N–H and O–H groups in total. The molecule has 13 heavy (non-hydrogen) atoms. The molecule has 0 aliphatic rings. The highest BCUT2D eigenvalue weighted by Crippen LogP contribution is 2.25. The van der Waals surface area contributed by atoms with Crippen LogP contribution < -0.4 is 10.5 Å². The first-order valence-electron chi connectivity index (χ1n) is 4.25. The van der Waals surface area contributed by atoms with Crippen LogP contribution in [0.3, 0.4) is 0 Å². The Kier molecular flexibility index (Phi) is 2.45. The van der Waals surface area contributed by atoms with Crippen molar-refractivity contribution in [1.29, 1.82) is 0 Å². The highest BCUT2D eigenvalue weighted by atomic mass is 16.5. The lowest BCUT2D eigenvalue weighted by molar-refractivity contribution is 0.411. The van der Waals surface area contributed by atoms with E-state index in [9.17, 15) is 0 Å². The Hall–Kier alpha value is -1.25. The Morgan fingerprint density at radius 1 is 1.31 bits per heavy atom. The number of hydrogen-bond acceptors (Lipinski definition) is 3. The summed E-state index contributed by atoms with van der Waals surface area (Å²) < 4.78 is 5.11. The average molecular weight is 180 g/mol. The summed E-state index contributed by atoms with van der Waals surface area (Å²) in [6.45, 7) is 6.27. The van der Waals surface area contributed by atoms with Gasteiger partial charge in [-0.3, -0.25) is 0 Å². The zero-order valence-corrected chi connectivity index (χ0v) is 8.59. The summed E-state index contributed by atoms with van der Waals surface area (Å²) in [7, 11) is 1.63. The fraction of sp³-hybridized carbons (Fsp3) is 0.500. The molecule has 1 heterocycles. The van der Waals surface area contributed by atoms with Gasteiger partial charge < -0.3 is 10.5 Å². The van der Waals surface area contributed by atoms with Gasteiger partial charge in [-0.2, -0.15) is 0 Å². The van der Waals surface area contributed by atoms with Crippen molar-refractivity contribution in [3.63, 3.8) is 0 Å². The zero-order valence-electron chi connectivity index (χ0n) is 8.59. The van der Waals surface area contributed by atoms with Crippen LogP contribution in [0.15, 0.2) is 12.1 Å². The van der Waals surface area contributed by atoms with E-state index < -0.39 is 0 Å². The molecule has 3 nitrogen and oxygen atoms in total. The number of pyridine rings is 1. The third-order valence-corrected chi connectivity index (χ3v) is 1.82. The molecule has 72 valence electrons. The fourth-order valence-electron chi connectivity index (χ4n) is 1.03. The molecular formula is C10H16N2O. The summed E-state index contributed by atoms with van der Waals surface area (Å²) in [5.74, 6) is 1.27. The van der Waals surface area contributed by atoms with Gasteiger partial charge in [-0.25, -0.2) is 4.98 Å². The largest absolute Gasteiger partial charge is 0.497 e. The maximum atomic E-state index is 5.64. The van der Waals surface area contributed by atoms with E-state index in [0.717, 1.165) is 11.4 Å². The predicted octanol–water partition coefficient (Wildman–Crippen LogP) is 1.97. The molecule has 1 aromatic heterocycles. The molecular weight excluding hydrogens is 164 g/mol. The van der Waals surface area contributed by atoms with Crippen LogP contribution in [0.1, 0.15) is 26.5 Å². The molecule has 0 fully saturated rings. The minimum Gasteiger partial charge on any atom is -0.497 e. The van der Waals surface area contributed by atoms with E-state index in [2.05, 4.69) is 25.8 Å². The first kappa shape index (κ1) is 9.84. The summed E-state index contributed by atoms with van der Waals surface area (Å²) in [6.07, 6.45) is 0. The van der Waals surface area contributed by atoms with E-state index >= 15 is 0 Å². The van der Waals surface area contributed by atoms with Gasteiger partial charge in [0.2, 0.25) is 0 Å². The lowest BCUT2D eigenvalue weighted by Gasteiger charge is -2.18. The summed E-state index contributed by atoms with van der Waals surface area (Å²) >= 11 is 0. The van der Waals surface area contributed by atoms with Gasteiger partial charge >= 0.3 is 0 Å². The Balaban J connectivity index is 3.16. The Morgan fingerprint density at radius 2 is 1.92 bits per heavy atom. The minimum atomic E-state index is 0.00264. The first-order chi connectivity index (χ1) is 5.93. The molecule has 1 rings (SSSR count). The van der Waals surface area contributed by atoms with Crippen molar-refractivity contribution in [2.45, 2.75) is 26.2 Å². The molecule has 0 aliphatic carbocycles. The number of nitrogens with zero attached hydrogens (tertiary/aromatic N) is 1. The van der Waals surface area contributed by atoms with Crippen molar-refractivity contribution in [2.24, 2.45) is 0 Å². The van der Waals surface area contributed by atoms with E-state index in [1.54, 1.807) is 13.2 Å². The predicted molar refractivity (Wildman–Crippen MR) is 53.9 cm³/mol. The van der Waals surface area contributed by atoms with Crippen molar-refractivity contribution in [3.05, 3.63) is 17.8 Å². The molecule has 0 bridgehead atoms. The van der Waals surface area contributed by atoms with Gasteiger partial charge in [0, 0.05) is 17.5 Å². The van der Waals surface area contributed by atoms with Crippen LogP contribution >= 0.6 is 0 Å². The second-order valence-corrected chi connectivity index (χ2v) is 4.07. The number of hydrogen-bond donors (Lipinski definition) is 1. The Labute approximate surface area is 78.9 Å². The molecule has 0 amide bonds. The number of anilines is 1. The number of nitrogens with two attached hydrogens (primary N) is 1. The average Bonchev–Trinajstić information content (AvgIpc) is 2.01. The summed E-state index contributed by atoms with van der Waals surface area (Å²) in [4.78, 5) is 4.25. The maximum absolute atomic E-state index is 5.64. The van der Waals surface area contributed by atoms with Gasteiger partial charge in [0.1, 0.15) is 11.6 Å². The van der Waals surface area contributed by atoms with Crippen molar-refractivity contribution in [1.82, 2.24) is 4.98 Å². The second kappa shape index (κ2) is 3.24. The zero-order chi connectivity index (χ0) is 10.1. The van der Waals surface area contributed by atoms with Crippen molar-refractivity contribution in [2.75, 3.05) is 12.8 Å². The first-order valence-corrected chi connectivity index (χ1v) is 4.25. The van der Waals surface area contributed by atoms with Gasteiger partial charge in [0.15, 0.2) is 0 Å². The molecule has 0 unspecified atom stereocenters. The number of ether oxygens (including phenoxy) is 1. The number of nitrogen functional groups attached to an aromatic ring is 1. The summed E-state index contributed by atoms with van der Waals surface area (Å²) in [5, 5.41) is 0. The van der Waals surface area contributed by atoms with E-state index in [1.807, 2.05) is 6.07 Å². The normalized spacial score (nSPS) is 11.4. The van der Waals surface area contributed by atoms with Gasteiger partial charge in [-0.15, -0.1) is 0 Å². The third kappa shape index (κ3) is 2.34. The topological polar surface area (TPSA) is 48.1 Å². The smallest absolute Gasteiger partial charge is 0.127 e. The Morgan fingerprint density at radius 3 is 2.38 bits per heavy atom. The van der Waals surface area contributed by atoms with E-state index in [-0.39, 0.29) is 5.41 Å². The molecule has 0 saturated heterocycles. The van der Waals surface area contributed by atoms with Crippen molar-refractivity contribution in [3.8, 4) is 5.75 Å². The molecule has 0 saturated carbocycles. The lowest BCUT2D eigenvalue weighted by Crippen LogP contribution is -2.14. The van der Waals surface area contributed by atoms with Gasteiger partial charge in [-0.1, -0.05) is 20.8 Å². The van der Waals surface area contributed by atoms with Crippen LogP contribution in [0.25, 0.3) is 0 Å². The van der Waals surface area contributed by atoms with Crippen LogP contribution in [-0.2, 0) is 5.41 Å². The van der Waals surface area contributed by atoms with Gasteiger partial charge in [-0.05, 0) is 0 Å². The number of aromatic nitrogens is 1. The lowest BCUT2D eigenvalue weighted by atomic mass is 9.91. The maximum Gasteiger partial charge on any atom is 0.127 e. The van der Waals surface area contributed by atoms with Crippen molar-refractivity contribution < 1.29 is 4.74 Å². The SMILES string of the molecule is COc1cc(N)nc(C(C)(C)C)c1. The van der Waals surface area contributed by atoms with Crippen LogP contribution in [0.4, 0.5) is 5.82 Å². The van der Waals surface area contributed by atoms with Crippen LogP contribution in [0, 0.1) is 0 Å². The van der Waals surface area contributed by atoms with E-state index in [0.29, 0.717) is 5.82 Å². The second-order valence-electron chi connectivity index (χ2n) is 4.07. The molecule has 0 atom stereocenters. The van der Waals surface area contributed by atoms with Crippen LogP contribution in [-0.4, -0.2) is 12.1 Å². The quantitative estimate of drug-likeness (QED) is 0.718. The summed E-state index contributed by atoms with van der Waals surface area (Å²) in [6, 6.07) is 3.63. The molecule has 0 radical (unpaired) electrons. The summed E-state index contributed by atoms with van der Waals surface area (Å²) in [5.41, 5.74) is 6.59. The van der Waals surface area contributed by atoms with Crippen LogP contribution in [0.5, 0.6) is 5.75 Å². The third-order valence-electron chi connectivity index (χ3n) is 1.82. The molecule has 0 aromatic carbocycles. The van der Waals surface area contributed by atoms with Crippen LogP contribution in [0.2, 0.25) is 0 Å². The highest BCUT2D eigenvalue weighted by Gasteiger charge is 2.16. The monoisotopic (exact) mass is 180 g/mol. The minimum absolute atomic E-state index is 0.00264. The molecule has 1 aromatic rings. The number of rotatable bonds is 1. The van der Waals surface area contributed by atoms with Gasteiger partial charge in [0.05, 0.1) is 12.8 Å². The fourth-order valence-corrected chi connectivity index (χ4v) is 1.03.